The van der Waals surface area contributed by atoms with Gasteiger partial charge in [0.15, 0.2) is 19.4 Å². The first kappa shape index (κ1) is 18.2. The number of hydrogen-bond acceptors (Lipinski definition) is 6. The number of hydrogen-bond donors (Lipinski definition) is 0. The van der Waals surface area contributed by atoms with Crippen molar-refractivity contribution in [3.05, 3.63) is 53.6 Å². The Morgan fingerprint density at radius 3 is 2.23 bits per heavy atom. The zero-order valence-electron chi connectivity index (χ0n) is 15.1. The van der Waals surface area contributed by atoms with Crippen molar-refractivity contribution in [3.8, 4) is 17.2 Å². The van der Waals surface area contributed by atoms with Crippen molar-refractivity contribution >= 4 is 5.78 Å². The average Bonchev–Trinajstić information content (AvgIpc) is 2.68. The molecule has 0 aliphatic carbocycles. The van der Waals surface area contributed by atoms with E-state index < -0.39 is 5.41 Å². The molecule has 0 aromatic heterocycles. The van der Waals surface area contributed by atoms with Crippen LogP contribution in [0, 0.1) is 0 Å². The molecule has 0 bridgehead atoms. The van der Waals surface area contributed by atoms with Gasteiger partial charge in [-0.05, 0) is 36.8 Å². The number of benzene rings is 2. The van der Waals surface area contributed by atoms with E-state index in [9.17, 15) is 4.79 Å². The average molecular weight is 358 g/mol. The molecule has 138 valence electrons. The minimum Gasteiger partial charge on any atom is -0.491 e. The third kappa shape index (κ3) is 3.52. The number of Topliss-reactive ketones (excluding diaryl/α,β-unsaturated/α-hetero) is 1. The van der Waals surface area contributed by atoms with Crippen LogP contribution < -0.4 is 14.2 Å². The lowest BCUT2D eigenvalue weighted by atomic mass is 9.75. The number of ether oxygens (including phenoxy) is 5. The van der Waals surface area contributed by atoms with E-state index in [0.29, 0.717) is 22.8 Å². The zero-order valence-corrected chi connectivity index (χ0v) is 15.1. The number of fused-ring (bicyclic) bond motifs is 1. The molecule has 0 amide bonds. The molecule has 0 radical (unpaired) electrons. The number of methoxy groups -OCH3 is 2. The van der Waals surface area contributed by atoms with Gasteiger partial charge in [0.1, 0.15) is 23.9 Å². The predicted molar refractivity (Wildman–Crippen MR) is 95.1 cm³/mol. The topological polar surface area (TPSA) is 63.2 Å². The molecule has 6 nitrogen and oxygen atoms in total. The van der Waals surface area contributed by atoms with Crippen LogP contribution in [0.15, 0.2) is 42.5 Å². The minimum absolute atomic E-state index is 0.0163. The molecule has 0 saturated heterocycles. The van der Waals surface area contributed by atoms with Gasteiger partial charge in [0.2, 0.25) is 0 Å². The van der Waals surface area contributed by atoms with Gasteiger partial charge in [0.05, 0.1) is 11.0 Å². The summed E-state index contributed by atoms with van der Waals surface area (Å²) in [6.07, 6.45) is 0. The third-order valence-electron chi connectivity index (χ3n) is 4.39. The standard InChI is InChI=1S/C20H22O6/c1-20(14-4-6-15(7-5-14)25-12-22-2)11-24-18-10-16(26-13-23-3)8-9-17(18)19(20)21/h4-10H,11-13H2,1-3H3/t20-/m1/s1. The molecule has 1 aliphatic heterocycles. The van der Waals surface area contributed by atoms with Crippen LogP contribution in [0.3, 0.4) is 0 Å². The van der Waals surface area contributed by atoms with Gasteiger partial charge < -0.3 is 23.7 Å². The molecule has 0 unspecified atom stereocenters. The molecule has 2 aromatic carbocycles. The van der Waals surface area contributed by atoms with Crippen LogP contribution >= 0.6 is 0 Å². The van der Waals surface area contributed by atoms with Crippen molar-refractivity contribution < 1.29 is 28.5 Å². The number of carbonyl (C=O) groups excluding carboxylic acids is 1. The van der Waals surface area contributed by atoms with Crippen molar-refractivity contribution in [2.24, 2.45) is 0 Å². The highest BCUT2D eigenvalue weighted by atomic mass is 16.7. The van der Waals surface area contributed by atoms with Crippen LogP contribution in [0.5, 0.6) is 17.2 Å². The normalized spacial score (nSPS) is 18.8. The Balaban J connectivity index is 1.82. The van der Waals surface area contributed by atoms with Gasteiger partial charge in [-0.25, -0.2) is 0 Å². The lowest BCUT2D eigenvalue weighted by molar-refractivity contribution is 0.0505. The van der Waals surface area contributed by atoms with Crippen molar-refractivity contribution in [2.45, 2.75) is 12.3 Å². The Bertz CT molecular complexity index is 770. The highest BCUT2D eigenvalue weighted by Gasteiger charge is 2.41. The summed E-state index contributed by atoms with van der Waals surface area (Å²) in [5.74, 6) is 1.83. The molecular formula is C20H22O6. The van der Waals surface area contributed by atoms with Crippen LogP contribution in [0.25, 0.3) is 0 Å². The maximum Gasteiger partial charge on any atom is 0.188 e. The molecule has 0 fully saturated rings. The molecule has 3 rings (SSSR count). The van der Waals surface area contributed by atoms with E-state index in [-0.39, 0.29) is 26.0 Å². The zero-order chi connectivity index (χ0) is 18.6. The Labute approximate surface area is 152 Å². The van der Waals surface area contributed by atoms with Crippen LogP contribution in [0.4, 0.5) is 0 Å². The number of carbonyl (C=O) groups is 1. The summed E-state index contributed by atoms with van der Waals surface area (Å²) in [5.41, 5.74) is 0.655. The summed E-state index contributed by atoms with van der Waals surface area (Å²) in [5, 5.41) is 0. The van der Waals surface area contributed by atoms with E-state index in [2.05, 4.69) is 0 Å². The summed E-state index contributed by atoms with van der Waals surface area (Å²) in [7, 11) is 3.12. The molecule has 1 atom stereocenters. The SMILES string of the molecule is COCOc1ccc([C@@]2(C)COc3cc(OCOC)ccc3C2=O)cc1. The van der Waals surface area contributed by atoms with Gasteiger partial charge in [0.25, 0.3) is 0 Å². The van der Waals surface area contributed by atoms with Gasteiger partial charge in [0, 0.05) is 20.3 Å². The summed E-state index contributed by atoms with van der Waals surface area (Å²) in [6, 6.07) is 12.6. The lowest BCUT2D eigenvalue weighted by Crippen LogP contribution is -2.42. The molecule has 2 aromatic rings. The second-order valence-corrected chi connectivity index (χ2v) is 6.23. The quantitative estimate of drug-likeness (QED) is 0.709. The van der Waals surface area contributed by atoms with Gasteiger partial charge in [-0.2, -0.15) is 0 Å². The first-order chi connectivity index (χ1) is 12.6. The Hall–Kier alpha value is -2.57. The van der Waals surface area contributed by atoms with Crippen molar-refractivity contribution in [2.75, 3.05) is 34.4 Å². The van der Waals surface area contributed by atoms with E-state index in [1.54, 1.807) is 32.4 Å². The summed E-state index contributed by atoms with van der Waals surface area (Å²) in [6.45, 7) is 2.46. The van der Waals surface area contributed by atoms with Gasteiger partial charge in [-0.15, -0.1) is 0 Å². The molecule has 1 aliphatic rings. The largest absolute Gasteiger partial charge is 0.491 e. The van der Waals surface area contributed by atoms with Crippen LogP contribution in [-0.2, 0) is 14.9 Å². The first-order valence-corrected chi connectivity index (χ1v) is 8.24. The van der Waals surface area contributed by atoms with E-state index in [0.717, 1.165) is 5.56 Å². The Morgan fingerprint density at radius 1 is 0.962 bits per heavy atom. The highest BCUT2D eigenvalue weighted by Crippen LogP contribution is 2.39. The number of ketones is 1. The van der Waals surface area contributed by atoms with E-state index in [1.807, 2.05) is 31.2 Å². The summed E-state index contributed by atoms with van der Waals surface area (Å²) in [4.78, 5) is 13.1. The van der Waals surface area contributed by atoms with Crippen LogP contribution in [-0.4, -0.2) is 40.2 Å². The highest BCUT2D eigenvalue weighted by molar-refractivity contribution is 6.07. The molecule has 0 spiro atoms. The first-order valence-electron chi connectivity index (χ1n) is 8.24. The van der Waals surface area contributed by atoms with Gasteiger partial charge >= 0.3 is 0 Å². The Kier molecular flexibility index (Phi) is 5.44. The maximum atomic E-state index is 13.1. The monoisotopic (exact) mass is 358 g/mol. The molecule has 6 heteroatoms. The second kappa shape index (κ2) is 7.76. The lowest BCUT2D eigenvalue weighted by Gasteiger charge is -2.34. The van der Waals surface area contributed by atoms with Gasteiger partial charge in [-0.1, -0.05) is 12.1 Å². The summed E-state index contributed by atoms with van der Waals surface area (Å²) >= 11 is 0. The maximum absolute atomic E-state index is 13.1. The molecule has 26 heavy (non-hydrogen) atoms. The Morgan fingerprint density at radius 2 is 1.58 bits per heavy atom. The van der Waals surface area contributed by atoms with E-state index >= 15 is 0 Å². The van der Waals surface area contributed by atoms with Crippen LogP contribution in [0.2, 0.25) is 0 Å². The van der Waals surface area contributed by atoms with Crippen molar-refractivity contribution in [1.29, 1.82) is 0 Å². The van der Waals surface area contributed by atoms with Gasteiger partial charge in [-0.3, -0.25) is 4.79 Å². The van der Waals surface area contributed by atoms with Crippen molar-refractivity contribution in [3.63, 3.8) is 0 Å². The number of rotatable bonds is 7. The minimum atomic E-state index is -0.762. The van der Waals surface area contributed by atoms with E-state index in [1.165, 1.54) is 0 Å². The van der Waals surface area contributed by atoms with Crippen molar-refractivity contribution in [1.82, 2.24) is 0 Å². The van der Waals surface area contributed by atoms with Crippen LogP contribution in [0.1, 0.15) is 22.8 Å². The fourth-order valence-electron chi connectivity index (χ4n) is 2.87. The predicted octanol–water partition coefficient (Wildman–Crippen LogP) is 3.19. The molecule has 1 heterocycles. The smallest absolute Gasteiger partial charge is 0.188 e. The van der Waals surface area contributed by atoms with E-state index in [4.69, 9.17) is 23.7 Å². The fourth-order valence-corrected chi connectivity index (χ4v) is 2.87. The fraction of sp³-hybridized carbons (Fsp3) is 0.350. The third-order valence-corrected chi connectivity index (χ3v) is 4.39. The summed E-state index contributed by atoms with van der Waals surface area (Å²) < 4.78 is 26.5. The molecule has 0 saturated carbocycles. The molecule has 0 N–H and O–H groups in total. The molecular weight excluding hydrogens is 336 g/mol. The second-order valence-electron chi connectivity index (χ2n) is 6.23.